The Labute approximate surface area is 114 Å². The summed E-state index contributed by atoms with van der Waals surface area (Å²) in [5.41, 5.74) is 0.570. The second-order valence-corrected chi connectivity index (χ2v) is 4.02. The molecule has 1 heterocycles. The third kappa shape index (κ3) is 2.92. The number of hydrogen-bond donors (Lipinski definition) is 1. The predicted octanol–water partition coefficient (Wildman–Crippen LogP) is 2.30. The van der Waals surface area contributed by atoms with Gasteiger partial charge in [-0.2, -0.15) is 0 Å². The summed E-state index contributed by atoms with van der Waals surface area (Å²) >= 11 is 0. The van der Waals surface area contributed by atoms with Crippen LogP contribution < -0.4 is 15.2 Å². The van der Waals surface area contributed by atoms with Crippen LogP contribution in [0.4, 0.5) is 10.1 Å². The molecule has 0 bridgehead atoms. The molecular formula is C13H12FN4O2+. The largest absolute Gasteiger partial charge is 0.491 e. The second-order valence-electron chi connectivity index (χ2n) is 4.02. The van der Waals surface area contributed by atoms with Crippen molar-refractivity contribution in [2.24, 2.45) is 0 Å². The summed E-state index contributed by atoms with van der Waals surface area (Å²) in [6.45, 7) is 0.0825. The minimum absolute atomic E-state index is 0.0825. The van der Waals surface area contributed by atoms with Crippen molar-refractivity contribution < 1.29 is 9.13 Å². The third-order valence-corrected chi connectivity index (χ3v) is 2.69. The number of anilines is 1. The molecule has 1 N–H and O–H groups in total. The van der Waals surface area contributed by atoms with Gasteiger partial charge in [0, 0.05) is 29.0 Å². The zero-order valence-corrected chi connectivity index (χ0v) is 10.7. The van der Waals surface area contributed by atoms with E-state index in [1.54, 1.807) is 6.07 Å². The Morgan fingerprint density at radius 3 is 2.85 bits per heavy atom. The molecule has 0 aliphatic carbocycles. The predicted molar refractivity (Wildman–Crippen MR) is 71.3 cm³/mol. The van der Waals surface area contributed by atoms with Gasteiger partial charge in [-0.1, -0.05) is 6.07 Å². The Balaban J connectivity index is 2.25. The molecular weight excluding hydrogens is 263 g/mol. The van der Waals surface area contributed by atoms with Crippen molar-refractivity contribution in [1.29, 1.82) is 5.39 Å². The number of aromatic nitrogens is 1. The van der Waals surface area contributed by atoms with Gasteiger partial charge in [0.1, 0.15) is 18.0 Å². The Bertz CT molecular complexity index is 708. The Morgan fingerprint density at radius 2 is 2.25 bits per heavy atom. The number of nitrogens with zero attached hydrogens (tertiary/aromatic N) is 3. The fourth-order valence-electron chi connectivity index (χ4n) is 1.72. The highest BCUT2D eigenvalue weighted by Gasteiger charge is 2.18. The maximum Gasteiger partial charge on any atom is 0.311 e. The Hall–Kier alpha value is -2.88. The van der Waals surface area contributed by atoms with Gasteiger partial charge in [-0.05, 0) is 12.1 Å². The summed E-state index contributed by atoms with van der Waals surface area (Å²) in [6, 6.07) is 6.93. The average Bonchev–Trinajstić information content (AvgIpc) is 2.45. The highest BCUT2D eigenvalue weighted by atomic mass is 19.1. The first-order valence-corrected chi connectivity index (χ1v) is 5.77. The maximum absolute atomic E-state index is 13.1. The quantitative estimate of drug-likeness (QED) is 0.686. The minimum Gasteiger partial charge on any atom is -0.491 e. The molecule has 0 aliphatic rings. The number of H-pyrrole nitrogens is 1. The smallest absolute Gasteiger partial charge is 0.311 e. The van der Waals surface area contributed by atoms with E-state index in [1.165, 1.54) is 37.6 Å². The third-order valence-electron chi connectivity index (χ3n) is 2.69. The van der Waals surface area contributed by atoms with Crippen LogP contribution in [-0.2, 0) is 6.54 Å². The van der Waals surface area contributed by atoms with Crippen molar-refractivity contribution in [1.82, 2.24) is 4.98 Å². The fraction of sp³-hybridized carbons (Fsp3) is 0.154. The monoisotopic (exact) mass is 275 g/mol. The van der Waals surface area contributed by atoms with Gasteiger partial charge in [-0.25, -0.2) is 4.39 Å². The molecule has 102 valence electrons. The van der Waals surface area contributed by atoms with Gasteiger partial charge in [0.05, 0.1) is 7.11 Å². The van der Waals surface area contributed by atoms with Crippen LogP contribution in [0.25, 0.3) is 5.08 Å². The van der Waals surface area contributed by atoms with Crippen LogP contribution in [0.5, 0.6) is 5.75 Å². The summed E-state index contributed by atoms with van der Waals surface area (Å²) in [6.07, 6.45) is 1.42. The minimum atomic E-state index is -0.445. The molecule has 0 atom stereocenters. The highest BCUT2D eigenvalue weighted by Crippen LogP contribution is 2.18. The number of rotatable bonds is 4. The summed E-state index contributed by atoms with van der Waals surface area (Å²) in [5.74, 6) is -0.258. The molecule has 0 saturated carbocycles. The fourth-order valence-corrected chi connectivity index (χ4v) is 1.72. The molecule has 1 aromatic heterocycles. The van der Waals surface area contributed by atoms with Crippen LogP contribution >= 0.6 is 0 Å². The number of ether oxygens (including phenoxy) is 1. The van der Waals surface area contributed by atoms with E-state index in [0.29, 0.717) is 11.4 Å². The van der Waals surface area contributed by atoms with Gasteiger partial charge in [-0.3, -0.25) is 4.79 Å². The van der Waals surface area contributed by atoms with Crippen molar-refractivity contribution in [3.63, 3.8) is 0 Å². The number of halogens is 1. The van der Waals surface area contributed by atoms with E-state index in [9.17, 15) is 9.18 Å². The van der Waals surface area contributed by atoms with E-state index in [4.69, 9.17) is 10.1 Å². The van der Waals surface area contributed by atoms with Crippen LogP contribution in [-0.4, -0.2) is 12.1 Å². The van der Waals surface area contributed by atoms with E-state index in [2.05, 4.69) is 10.1 Å². The van der Waals surface area contributed by atoms with Crippen LogP contribution in [0.2, 0.25) is 0 Å². The van der Waals surface area contributed by atoms with Gasteiger partial charge in [0.15, 0.2) is 5.75 Å². The topological polar surface area (TPSA) is 73.5 Å². The molecule has 20 heavy (non-hydrogen) atoms. The van der Waals surface area contributed by atoms with Crippen LogP contribution in [0.1, 0.15) is 5.69 Å². The molecule has 6 nitrogen and oxygen atoms in total. The van der Waals surface area contributed by atoms with E-state index >= 15 is 0 Å². The van der Waals surface area contributed by atoms with Gasteiger partial charge in [-0.15, -0.1) is 0 Å². The van der Waals surface area contributed by atoms with Crippen LogP contribution in [0.15, 0.2) is 41.3 Å². The molecule has 0 fully saturated rings. The molecule has 0 unspecified atom stereocenters. The zero-order valence-electron chi connectivity index (χ0n) is 10.7. The molecule has 1 aromatic carbocycles. The van der Waals surface area contributed by atoms with Crippen LogP contribution in [0, 0.1) is 11.2 Å². The lowest BCUT2D eigenvalue weighted by molar-refractivity contribution is 0.408. The first kappa shape index (κ1) is 13.5. The maximum atomic E-state index is 13.1. The molecule has 0 radical (unpaired) electrons. The molecule has 7 heteroatoms. The number of aromatic amines is 1. The van der Waals surface area contributed by atoms with Crippen molar-refractivity contribution in [2.75, 3.05) is 12.1 Å². The molecule has 0 spiro atoms. The molecule has 2 rings (SSSR count). The average molecular weight is 275 g/mol. The van der Waals surface area contributed by atoms with E-state index in [0.717, 1.165) is 5.01 Å². The SMILES string of the molecule is COc1c[nH]c(CN([N+]#N)c2cccc(F)c2)cc1=O. The molecule has 0 aliphatic heterocycles. The van der Waals surface area contributed by atoms with Gasteiger partial charge >= 0.3 is 5.08 Å². The van der Waals surface area contributed by atoms with E-state index in [-0.39, 0.29) is 17.7 Å². The first-order valence-electron chi connectivity index (χ1n) is 5.77. The molecule has 0 saturated heterocycles. The molecule has 0 amide bonds. The summed E-state index contributed by atoms with van der Waals surface area (Å²) in [4.78, 5) is 14.5. The van der Waals surface area contributed by atoms with E-state index in [1.807, 2.05) is 0 Å². The second kappa shape index (κ2) is 5.84. The van der Waals surface area contributed by atoms with E-state index < -0.39 is 5.82 Å². The number of pyridine rings is 1. The lowest BCUT2D eigenvalue weighted by Crippen LogP contribution is -2.16. The van der Waals surface area contributed by atoms with Gasteiger partial charge in [0.2, 0.25) is 5.43 Å². The lowest BCUT2D eigenvalue weighted by Gasteiger charge is -2.06. The number of nitrogens with one attached hydrogen (secondary N) is 1. The molecule has 2 aromatic rings. The zero-order chi connectivity index (χ0) is 14.5. The Morgan fingerprint density at radius 1 is 1.45 bits per heavy atom. The number of diazo groups is 1. The lowest BCUT2D eigenvalue weighted by atomic mass is 10.2. The standard InChI is InChI=1S/C13H11FN4O2/c1-20-13-7-16-10(6-12(13)19)8-18(17-15)11-4-2-3-9(14)5-11/h2-7H,8H2,1H3/p+1. The van der Waals surface area contributed by atoms with Crippen molar-refractivity contribution in [3.05, 3.63) is 63.3 Å². The number of benzene rings is 1. The summed E-state index contributed by atoms with van der Waals surface area (Å²) in [7, 11) is 1.40. The van der Waals surface area contributed by atoms with Crippen LogP contribution in [0.3, 0.4) is 0 Å². The summed E-state index contributed by atoms with van der Waals surface area (Å²) < 4.78 is 18.0. The van der Waals surface area contributed by atoms with Crippen molar-refractivity contribution in [2.45, 2.75) is 6.54 Å². The first-order chi connectivity index (χ1) is 9.63. The summed E-state index contributed by atoms with van der Waals surface area (Å²) in [5, 5.41) is 13.2. The number of methoxy groups -OCH3 is 1. The van der Waals surface area contributed by atoms with Crippen molar-refractivity contribution >= 4 is 5.69 Å². The normalized spacial score (nSPS) is 9.85. The van der Waals surface area contributed by atoms with Crippen molar-refractivity contribution in [3.8, 4) is 5.75 Å². The Kier molecular flexibility index (Phi) is 3.96. The van der Waals surface area contributed by atoms with Gasteiger partial charge in [0.25, 0.3) is 5.39 Å². The van der Waals surface area contributed by atoms with Gasteiger partial charge < -0.3 is 9.72 Å². The number of hydrogen-bond acceptors (Lipinski definition) is 4. The highest BCUT2D eigenvalue weighted by molar-refractivity contribution is 5.47.